The summed E-state index contributed by atoms with van der Waals surface area (Å²) in [6.45, 7) is 0.475. The molecule has 1 amide bonds. The topological polar surface area (TPSA) is 75.6 Å². The molecule has 19 heavy (non-hydrogen) atoms. The number of halogens is 1. The summed E-state index contributed by atoms with van der Waals surface area (Å²) in [5, 5.41) is 11.6. The first-order valence-electron chi connectivity index (χ1n) is 5.83. The molecular weight excluding hydrogens is 361 g/mol. The highest BCUT2D eigenvalue weighted by molar-refractivity contribution is 14.1. The Hall–Kier alpha value is -1.15. The van der Waals surface area contributed by atoms with Crippen LogP contribution in [0.25, 0.3) is 0 Å². The Balaban J connectivity index is 2.66. The van der Waals surface area contributed by atoms with Gasteiger partial charge in [0.25, 0.3) is 5.91 Å². The van der Waals surface area contributed by atoms with Crippen molar-refractivity contribution in [1.82, 2.24) is 5.32 Å². The maximum absolute atomic E-state index is 12.0. The van der Waals surface area contributed by atoms with Gasteiger partial charge in [0.1, 0.15) is 6.04 Å². The Labute approximate surface area is 125 Å². The lowest BCUT2D eigenvalue weighted by Crippen LogP contribution is -2.41. The van der Waals surface area contributed by atoms with E-state index >= 15 is 0 Å². The number of hydrogen-bond donors (Lipinski definition) is 2. The number of rotatable bonds is 7. The highest BCUT2D eigenvalue weighted by atomic mass is 127. The molecule has 0 radical (unpaired) electrons. The van der Waals surface area contributed by atoms with Crippen LogP contribution in [0.3, 0.4) is 0 Å². The summed E-state index contributed by atoms with van der Waals surface area (Å²) in [4.78, 5) is 23.1. The predicted molar refractivity (Wildman–Crippen MR) is 79.2 cm³/mol. The molecule has 1 aromatic rings. The summed E-state index contributed by atoms with van der Waals surface area (Å²) < 4.78 is 5.66. The van der Waals surface area contributed by atoms with Gasteiger partial charge < -0.3 is 15.2 Å². The molecule has 5 nitrogen and oxygen atoms in total. The maximum atomic E-state index is 12.0. The quantitative estimate of drug-likeness (QED) is 0.562. The summed E-state index contributed by atoms with van der Waals surface area (Å²) >= 11 is 2.05. The molecule has 1 atom stereocenters. The number of benzene rings is 1. The largest absolute Gasteiger partial charge is 0.480 e. The number of amides is 1. The van der Waals surface area contributed by atoms with Gasteiger partial charge in [-0.3, -0.25) is 4.79 Å². The Bertz CT molecular complexity index is 450. The van der Waals surface area contributed by atoms with Crippen molar-refractivity contribution in [3.8, 4) is 0 Å². The van der Waals surface area contributed by atoms with Gasteiger partial charge >= 0.3 is 5.97 Å². The molecule has 0 saturated heterocycles. The monoisotopic (exact) mass is 377 g/mol. The number of ether oxygens (including phenoxy) is 1. The first-order chi connectivity index (χ1) is 9.06. The highest BCUT2D eigenvalue weighted by Crippen LogP contribution is 2.12. The van der Waals surface area contributed by atoms with Gasteiger partial charge in [0.2, 0.25) is 0 Å². The van der Waals surface area contributed by atoms with Crippen LogP contribution in [0.2, 0.25) is 0 Å². The van der Waals surface area contributed by atoms with E-state index in [0.717, 1.165) is 3.57 Å². The molecule has 1 rings (SSSR count). The Morgan fingerprint density at radius 2 is 2.11 bits per heavy atom. The average Bonchev–Trinajstić information content (AvgIpc) is 2.38. The van der Waals surface area contributed by atoms with Crippen molar-refractivity contribution in [2.45, 2.75) is 18.9 Å². The summed E-state index contributed by atoms with van der Waals surface area (Å²) in [7, 11) is 1.56. The Morgan fingerprint density at radius 1 is 1.42 bits per heavy atom. The first-order valence-corrected chi connectivity index (χ1v) is 6.91. The molecule has 0 saturated carbocycles. The van der Waals surface area contributed by atoms with E-state index in [2.05, 4.69) is 5.32 Å². The number of carboxylic acid groups (broad SMARTS) is 1. The van der Waals surface area contributed by atoms with Crippen LogP contribution in [0.15, 0.2) is 24.3 Å². The zero-order chi connectivity index (χ0) is 14.3. The van der Waals surface area contributed by atoms with Gasteiger partial charge in [0, 0.05) is 17.3 Å². The van der Waals surface area contributed by atoms with E-state index < -0.39 is 12.0 Å². The lowest BCUT2D eigenvalue weighted by molar-refractivity contribution is -0.139. The van der Waals surface area contributed by atoms with E-state index in [-0.39, 0.29) is 5.91 Å². The molecule has 0 spiro atoms. The molecule has 0 heterocycles. The Kier molecular flexibility index (Phi) is 6.79. The van der Waals surface area contributed by atoms with Crippen LogP contribution >= 0.6 is 22.6 Å². The highest BCUT2D eigenvalue weighted by Gasteiger charge is 2.21. The van der Waals surface area contributed by atoms with Gasteiger partial charge in [-0.15, -0.1) is 0 Å². The van der Waals surface area contributed by atoms with E-state index in [9.17, 15) is 9.59 Å². The van der Waals surface area contributed by atoms with Crippen molar-refractivity contribution in [3.05, 3.63) is 33.4 Å². The number of hydrogen-bond acceptors (Lipinski definition) is 3. The normalized spacial score (nSPS) is 11.9. The third-order valence-corrected chi connectivity index (χ3v) is 3.50. The fourth-order valence-electron chi connectivity index (χ4n) is 1.57. The molecule has 0 bridgehead atoms. The first kappa shape index (κ1) is 15.9. The molecule has 6 heteroatoms. The zero-order valence-electron chi connectivity index (χ0n) is 10.6. The molecule has 0 aromatic heterocycles. The minimum Gasteiger partial charge on any atom is -0.480 e. The molecule has 0 aliphatic rings. The number of carbonyl (C=O) groups is 2. The second-order valence-electron chi connectivity index (χ2n) is 3.98. The Morgan fingerprint density at radius 3 is 2.68 bits per heavy atom. The van der Waals surface area contributed by atoms with Crippen LogP contribution in [0.5, 0.6) is 0 Å². The van der Waals surface area contributed by atoms with Crippen molar-refractivity contribution >= 4 is 34.5 Å². The van der Waals surface area contributed by atoms with Crippen molar-refractivity contribution in [1.29, 1.82) is 0 Å². The second-order valence-corrected chi connectivity index (χ2v) is 5.14. The van der Waals surface area contributed by atoms with Crippen LogP contribution in [-0.2, 0) is 9.53 Å². The van der Waals surface area contributed by atoms with Gasteiger partial charge in [0.15, 0.2) is 0 Å². The maximum Gasteiger partial charge on any atom is 0.326 e. The van der Waals surface area contributed by atoms with Gasteiger partial charge in [-0.1, -0.05) is 12.1 Å². The SMILES string of the molecule is COCCCC(NC(=O)c1ccccc1I)C(=O)O. The van der Waals surface area contributed by atoms with Crippen molar-refractivity contribution < 1.29 is 19.4 Å². The predicted octanol–water partition coefficient (Wildman–Crippen LogP) is 1.90. The van der Waals surface area contributed by atoms with Gasteiger partial charge in [-0.05, 0) is 47.6 Å². The van der Waals surface area contributed by atoms with Crippen molar-refractivity contribution in [3.63, 3.8) is 0 Å². The number of methoxy groups -OCH3 is 1. The summed E-state index contributed by atoms with van der Waals surface area (Å²) in [5.41, 5.74) is 0.487. The van der Waals surface area contributed by atoms with E-state index in [0.29, 0.717) is 25.0 Å². The van der Waals surface area contributed by atoms with Gasteiger partial charge in [0.05, 0.1) is 5.56 Å². The van der Waals surface area contributed by atoms with Crippen LogP contribution in [0, 0.1) is 3.57 Å². The zero-order valence-corrected chi connectivity index (χ0v) is 12.7. The molecule has 0 aliphatic carbocycles. The number of carboxylic acids is 1. The number of nitrogens with one attached hydrogen (secondary N) is 1. The van der Waals surface area contributed by atoms with Crippen molar-refractivity contribution in [2.75, 3.05) is 13.7 Å². The summed E-state index contributed by atoms with van der Waals surface area (Å²) in [6.07, 6.45) is 0.929. The van der Waals surface area contributed by atoms with E-state index in [1.54, 1.807) is 25.3 Å². The van der Waals surface area contributed by atoms with Crippen LogP contribution in [0.4, 0.5) is 0 Å². The molecule has 0 fully saturated rings. The minimum atomic E-state index is -1.03. The summed E-state index contributed by atoms with van der Waals surface area (Å²) in [5.74, 6) is -1.40. The molecule has 104 valence electrons. The lowest BCUT2D eigenvalue weighted by atomic mass is 10.1. The number of aliphatic carboxylic acids is 1. The summed E-state index contributed by atoms with van der Waals surface area (Å²) in [6, 6.07) is 6.16. The second kappa shape index (κ2) is 8.11. The van der Waals surface area contributed by atoms with Crippen LogP contribution in [0.1, 0.15) is 23.2 Å². The average molecular weight is 377 g/mol. The lowest BCUT2D eigenvalue weighted by Gasteiger charge is -2.14. The standard InChI is InChI=1S/C13H16INO4/c1-19-8-4-7-11(13(17)18)15-12(16)9-5-2-3-6-10(9)14/h2-3,5-6,11H,4,7-8H2,1H3,(H,15,16)(H,17,18). The van der Waals surface area contributed by atoms with E-state index in [1.165, 1.54) is 0 Å². The smallest absolute Gasteiger partial charge is 0.326 e. The molecule has 1 aromatic carbocycles. The van der Waals surface area contributed by atoms with Crippen molar-refractivity contribution in [2.24, 2.45) is 0 Å². The fourth-order valence-corrected chi connectivity index (χ4v) is 2.20. The fraction of sp³-hybridized carbons (Fsp3) is 0.385. The molecule has 0 aliphatic heterocycles. The molecule has 1 unspecified atom stereocenters. The number of carbonyl (C=O) groups excluding carboxylic acids is 1. The molecule has 2 N–H and O–H groups in total. The van der Waals surface area contributed by atoms with Gasteiger partial charge in [-0.2, -0.15) is 0 Å². The van der Waals surface area contributed by atoms with Gasteiger partial charge in [-0.25, -0.2) is 4.79 Å². The van der Waals surface area contributed by atoms with Crippen LogP contribution < -0.4 is 5.32 Å². The molecular formula is C13H16INO4. The minimum absolute atomic E-state index is 0.346. The van der Waals surface area contributed by atoms with Crippen LogP contribution in [-0.4, -0.2) is 36.7 Å². The van der Waals surface area contributed by atoms with E-state index in [4.69, 9.17) is 9.84 Å². The third-order valence-electron chi connectivity index (χ3n) is 2.56. The van der Waals surface area contributed by atoms with E-state index in [1.807, 2.05) is 28.7 Å². The third kappa shape index (κ3) is 5.15.